The van der Waals surface area contributed by atoms with Crippen molar-refractivity contribution in [3.63, 3.8) is 0 Å². The maximum atomic E-state index is 10.8. The Hall–Kier alpha value is -0.870. The SMILES string of the molecule is [CH2]C(O)CNCCOC(=O)C(=C)C. The van der Waals surface area contributed by atoms with Gasteiger partial charge in [-0.1, -0.05) is 6.58 Å². The lowest BCUT2D eigenvalue weighted by Crippen LogP contribution is -2.28. The van der Waals surface area contributed by atoms with E-state index in [9.17, 15) is 4.79 Å². The van der Waals surface area contributed by atoms with Gasteiger partial charge in [0.05, 0.1) is 6.10 Å². The van der Waals surface area contributed by atoms with Gasteiger partial charge in [-0.3, -0.25) is 0 Å². The van der Waals surface area contributed by atoms with Crippen molar-refractivity contribution in [2.75, 3.05) is 19.7 Å². The molecule has 75 valence electrons. The Morgan fingerprint density at radius 3 is 2.77 bits per heavy atom. The van der Waals surface area contributed by atoms with Crippen LogP contribution < -0.4 is 5.32 Å². The first-order valence-electron chi connectivity index (χ1n) is 4.08. The summed E-state index contributed by atoms with van der Waals surface area (Å²) in [6.07, 6.45) is -0.628. The van der Waals surface area contributed by atoms with E-state index in [0.717, 1.165) is 0 Å². The van der Waals surface area contributed by atoms with E-state index in [1.807, 2.05) is 0 Å². The van der Waals surface area contributed by atoms with Gasteiger partial charge >= 0.3 is 5.97 Å². The van der Waals surface area contributed by atoms with Gasteiger partial charge in [-0.25, -0.2) is 4.79 Å². The standard InChI is InChI=1S/C9H16NO3/c1-7(2)9(12)13-5-4-10-6-8(3)11/h8,10-11H,1,3-6H2,2H3. The van der Waals surface area contributed by atoms with E-state index in [2.05, 4.69) is 18.8 Å². The van der Waals surface area contributed by atoms with Gasteiger partial charge in [0, 0.05) is 18.7 Å². The zero-order valence-electron chi connectivity index (χ0n) is 7.88. The largest absolute Gasteiger partial charge is 0.461 e. The lowest BCUT2D eigenvalue weighted by atomic mass is 10.4. The van der Waals surface area contributed by atoms with Crippen molar-refractivity contribution in [1.82, 2.24) is 5.32 Å². The summed E-state index contributed by atoms with van der Waals surface area (Å²) in [6, 6.07) is 0. The summed E-state index contributed by atoms with van der Waals surface area (Å²) in [5, 5.41) is 11.6. The first-order valence-corrected chi connectivity index (χ1v) is 4.08. The fraction of sp³-hybridized carbons (Fsp3) is 0.556. The normalized spacial score (nSPS) is 12.2. The summed E-state index contributed by atoms with van der Waals surface area (Å²) in [6.45, 7) is 9.58. The number of carbonyl (C=O) groups excluding carboxylic acids is 1. The van der Waals surface area contributed by atoms with Crippen LogP contribution in [0, 0.1) is 6.92 Å². The van der Waals surface area contributed by atoms with Gasteiger partial charge < -0.3 is 15.2 Å². The van der Waals surface area contributed by atoms with Crippen LogP contribution in [0.15, 0.2) is 12.2 Å². The molecule has 0 aromatic heterocycles. The molecular formula is C9H16NO3. The second-order valence-corrected chi connectivity index (χ2v) is 2.77. The van der Waals surface area contributed by atoms with Gasteiger partial charge in [-0.05, 0) is 13.8 Å². The highest BCUT2D eigenvalue weighted by Crippen LogP contribution is 1.90. The summed E-state index contributed by atoms with van der Waals surface area (Å²) >= 11 is 0. The smallest absolute Gasteiger partial charge is 0.333 e. The second kappa shape index (κ2) is 6.62. The summed E-state index contributed by atoms with van der Waals surface area (Å²) in [5.74, 6) is -0.392. The molecule has 0 aliphatic heterocycles. The first-order chi connectivity index (χ1) is 6.04. The molecule has 0 aliphatic rings. The van der Waals surface area contributed by atoms with Crippen molar-refractivity contribution in [1.29, 1.82) is 0 Å². The number of rotatable bonds is 6. The van der Waals surface area contributed by atoms with Crippen molar-refractivity contribution >= 4 is 5.97 Å². The second-order valence-electron chi connectivity index (χ2n) is 2.77. The molecule has 1 atom stereocenters. The zero-order valence-corrected chi connectivity index (χ0v) is 7.88. The highest BCUT2D eigenvalue weighted by Gasteiger charge is 2.01. The van der Waals surface area contributed by atoms with E-state index in [1.165, 1.54) is 0 Å². The third kappa shape index (κ3) is 7.49. The molecular weight excluding hydrogens is 170 g/mol. The van der Waals surface area contributed by atoms with Crippen molar-refractivity contribution in [3.05, 3.63) is 19.1 Å². The molecule has 0 spiro atoms. The Morgan fingerprint density at radius 2 is 2.31 bits per heavy atom. The number of hydrogen-bond acceptors (Lipinski definition) is 4. The summed E-state index contributed by atoms with van der Waals surface area (Å²) < 4.78 is 4.78. The van der Waals surface area contributed by atoms with E-state index in [-0.39, 0.29) is 6.61 Å². The fourth-order valence-corrected chi connectivity index (χ4v) is 0.608. The maximum Gasteiger partial charge on any atom is 0.333 e. The molecule has 4 heteroatoms. The molecule has 1 radical (unpaired) electrons. The number of esters is 1. The van der Waals surface area contributed by atoms with Gasteiger partial charge in [0.2, 0.25) is 0 Å². The molecule has 0 aromatic rings. The van der Waals surface area contributed by atoms with Crippen molar-refractivity contribution in [2.45, 2.75) is 13.0 Å². The maximum absolute atomic E-state index is 10.8. The number of aliphatic hydroxyl groups is 1. The van der Waals surface area contributed by atoms with Gasteiger partial charge in [-0.2, -0.15) is 0 Å². The summed E-state index contributed by atoms with van der Waals surface area (Å²) in [5.41, 5.74) is 0.386. The fourth-order valence-electron chi connectivity index (χ4n) is 0.608. The van der Waals surface area contributed by atoms with Gasteiger partial charge in [-0.15, -0.1) is 0 Å². The van der Waals surface area contributed by atoms with Gasteiger partial charge in [0.1, 0.15) is 6.61 Å². The van der Waals surface area contributed by atoms with E-state index in [1.54, 1.807) is 6.92 Å². The lowest BCUT2D eigenvalue weighted by molar-refractivity contribution is -0.138. The number of carbonyl (C=O) groups is 1. The molecule has 0 aromatic carbocycles. The lowest BCUT2D eigenvalue weighted by Gasteiger charge is -2.07. The quantitative estimate of drug-likeness (QED) is 0.345. The summed E-state index contributed by atoms with van der Waals surface area (Å²) in [4.78, 5) is 10.8. The predicted molar refractivity (Wildman–Crippen MR) is 50.0 cm³/mol. The van der Waals surface area contributed by atoms with Crippen LogP contribution in [-0.2, 0) is 9.53 Å². The first kappa shape index (κ1) is 12.1. The average molecular weight is 186 g/mol. The van der Waals surface area contributed by atoms with Crippen molar-refractivity contribution in [2.24, 2.45) is 0 Å². The van der Waals surface area contributed by atoms with Crippen LogP contribution in [0.5, 0.6) is 0 Å². The molecule has 0 amide bonds. The predicted octanol–water partition coefficient (Wildman–Crippen LogP) is -0.110. The third-order valence-electron chi connectivity index (χ3n) is 1.24. The Kier molecular flexibility index (Phi) is 6.18. The summed E-state index contributed by atoms with van der Waals surface area (Å²) in [7, 11) is 0. The molecule has 4 nitrogen and oxygen atoms in total. The molecule has 0 bridgehead atoms. The van der Waals surface area contributed by atoms with Crippen LogP contribution in [0.2, 0.25) is 0 Å². The number of hydrogen-bond donors (Lipinski definition) is 2. The Labute approximate surface area is 78.6 Å². The molecule has 0 saturated carbocycles. The Balaban J connectivity index is 3.26. The Morgan fingerprint density at radius 1 is 1.69 bits per heavy atom. The van der Waals surface area contributed by atoms with Crippen LogP contribution >= 0.6 is 0 Å². The molecule has 1 unspecified atom stereocenters. The minimum Gasteiger partial charge on any atom is -0.461 e. The highest BCUT2D eigenvalue weighted by molar-refractivity contribution is 5.86. The van der Waals surface area contributed by atoms with E-state index in [0.29, 0.717) is 18.7 Å². The van der Waals surface area contributed by atoms with Crippen LogP contribution in [0.4, 0.5) is 0 Å². The van der Waals surface area contributed by atoms with Gasteiger partial charge in [0.15, 0.2) is 0 Å². The molecule has 0 saturated heterocycles. The van der Waals surface area contributed by atoms with Crippen LogP contribution in [0.3, 0.4) is 0 Å². The van der Waals surface area contributed by atoms with Gasteiger partial charge in [0.25, 0.3) is 0 Å². The minimum atomic E-state index is -0.628. The van der Waals surface area contributed by atoms with Crippen LogP contribution in [0.1, 0.15) is 6.92 Å². The van der Waals surface area contributed by atoms with Crippen molar-refractivity contribution in [3.8, 4) is 0 Å². The van der Waals surface area contributed by atoms with Crippen LogP contribution in [-0.4, -0.2) is 36.9 Å². The zero-order chi connectivity index (χ0) is 10.3. The Bertz CT molecular complexity index is 178. The average Bonchev–Trinajstić information content (AvgIpc) is 2.02. The molecule has 13 heavy (non-hydrogen) atoms. The molecule has 0 fully saturated rings. The molecule has 0 rings (SSSR count). The van der Waals surface area contributed by atoms with Crippen molar-refractivity contribution < 1.29 is 14.6 Å². The topological polar surface area (TPSA) is 58.6 Å². The van der Waals surface area contributed by atoms with E-state index in [4.69, 9.17) is 9.84 Å². The highest BCUT2D eigenvalue weighted by atomic mass is 16.5. The molecule has 2 N–H and O–H groups in total. The number of ether oxygens (including phenoxy) is 1. The monoisotopic (exact) mass is 186 g/mol. The molecule has 0 aliphatic carbocycles. The number of nitrogens with one attached hydrogen (secondary N) is 1. The number of aliphatic hydroxyl groups excluding tert-OH is 1. The van der Waals surface area contributed by atoms with E-state index < -0.39 is 12.1 Å². The van der Waals surface area contributed by atoms with E-state index >= 15 is 0 Å². The van der Waals surface area contributed by atoms with Crippen LogP contribution in [0.25, 0.3) is 0 Å². The molecule has 0 heterocycles. The minimum absolute atomic E-state index is 0.276. The third-order valence-corrected chi connectivity index (χ3v) is 1.24.